The van der Waals surface area contributed by atoms with Gasteiger partial charge < -0.3 is 9.80 Å². The highest BCUT2D eigenvalue weighted by molar-refractivity contribution is 6.60. The second kappa shape index (κ2) is 5.70. The molecule has 19 heavy (non-hydrogen) atoms. The average Bonchev–Trinajstić information content (AvgIpc) is 2.37. The molecule has 0 radical (unpaired) electrons. The lowest BCUT2D eigenvalue weighted by Crippen LogP contribution is -2.62. The molecule has 1 unspecified atom stereocenters. The Hall–Kier alpha value is -0.770. The van der Waals surface area contributed by atoms with Crippen LogP contribution >= 0.6 is 23.2 Å². The number of carbonyl (C=O) groups excluding carboxylic acids is 1. The Bertz CT molecular complexity index is 448. The van der Waals surface area contributed by atoms with Gasteiger partial charge in [0.25, 0.3) is 5.91 Å². The highest BCUT2D eigenvalue weighted by atomic mass is 35.5. The molecule has 2 rings (SSSR count). The third-order valence-electron chi connectivity index (χ3n) is 3.32. The number of likely N-dealkylation sites (tertiary alicyclic amines) is 1. The summed E-state index contributed by atoms with van der Waals surface area (Å²) in [5.74, 6) is -0.191. The molecule has 3 nitrogen and oxygen atoms in total. The first-order chi connectivity index (χ1) is 8.94. The molecule has 1 heterocycles. The van der Waals surface area contributed by atoms with Crippen molar-refractivity contribution < 1.29 is 4.79 Å². The van der Waals surface area contributed by atoms with Gasteiger partial charge >= 0.3 is 0 Å². The zero-order chi connectivity index (χ0) is 14.0. The van der Waals surface area contributed by atoms with Crippen LogP contribution in [0.4, 0.5) is 0 Å². The van der Waals surface area contributed by atoms with Crippen LogP contribution in [0.1, 0.15) is 18.0 Å². The first-order valence-electron chi connectivity index (χ1n) is 6.33. The fraction of sp³-hybridized carbons (Fsp3) is 0.500. The van der Waals surface area contributed by atoms with Crippen LogP contribution in [-0.2, 0) is 4.79 Å². The van der Waals surface area contributed by atoms with Crippen molar-refractivity contribution in [2.75, 3.05) is 27.2 Å². The van der Waals surface area contributed by atoms with Gasteiger partial charge in [0.1, 0.15) is 0 Å². The first kappa shape index (κ1) is 14.6. The van der Waals surface area contributed by atoms with E-state index in [9.17, 15) is 4.79 Å². The zero-order valence-corrected chi connectivity index (χ0v) is 12.7. The number of hydrogen-bond acceptors (Lipinski definition) is 2. The molecule has 0 aromatic heterocycles. The fourth-order valence-corrected chi connectivity index (χ4v) is 3.07. The van der Waals surface area contributed by atoms with Gasteiger partial charge in [-0.05, 0) is 32.6 Å². The third-order valence-corrected chi connectivity index (χ3v) is 4.06. The minimum Gasteiger partial charge on any atom is -0.329 e. The van der Waals surface area contributed by atoms with Gasteiger partial charge in [-0.15, -0.1) is 0 Å². The van der Waals surface area contributed by atoms with Crippen LogP contribution in [-0.4, -0.2) is 47.2 Å². The standard InChI is InChI=1S/C14H18Cl2N2O/c1-17(2)9-6-10-18-12(14(15,16)13(18)19)11-7-4-3-5-8-11/h3-5,7-8,12H,6,9-10H2,1-2H3. The van der Waals surface area contributed by atoms with E-state index in [0.717, 1.165) is 18.5 Å². The molecule has 0 bridgehead atoms. The predicted octanol–water partition coefficient (Wildman–Crippen LogP) is 2.70. The summed E-state index contributed by atoms with van der Waals surface area (Å²) in [6, 6.07) is 9.46. The molecule has 0 saturated carbocycles. The Morgan fingerprint density at radius 1 is 1.26 bits per heavy atom. The van der Waals surface area contributed by atoms with Gasteiger partial charge in [0.05, 0.1) is 6.04 Å². The van der Waals surface area contributed by atoms with E-state index in [-0.39, 0.29) is 11.9 Å². The van der Waals surface area contributed by atoms with Crippen molar-refractivity contribution in [2.45, 2.75) is 16.8 Å². The lowest BCUT2D eigenvalue weighted by Gasteiger charge is -2.49. The Morgan fingerprint density at radius 3 is 2.47 bits per heavy atom. The summed E-state index contributed by atoms with van der Waals surface area (Å²) in [6.07, 6.45) is 0.909. The summed E-state index contributed by atoms with van der Waals surface area (Å²) in [6.45, 7) is 1.61. The van der Waals surface area contributed by atoms with Crippen LogP contribution in [0.3, 0.4) is 0 Å². The monoisotopic (exact) mass is 300 g/mol. The quantitative estimate of drug-likeness (QED) is 0.617. The summed E-state index contributed by atoms with van der Waals surface area (Å²) < 4.78 is -1.32. The molecule has 1 fully saturated rings. The van der Waals surface area contributed by atoms with Crippen LogP contribution in [0.5, 0.6) is 0 Å². The summed E-state index contributed by atoms with van der Waals surface area (Å²) in [5, 5.41) is 0. The molecular formula is C14H18Cl2N2O. The predicted molar refractivity (Wildman–Crippen MR) is 78.5 cm³/mol. The lowest BCUT2D eigenvalue weighted by molar-refractivity contribution is -0.148. The van der Waals surface area contributed by atoms with Gasteiger partial charge in [-0.2, -0.15) is 0 Å². The fourth-order valence-electron chi connectivity index (χ4n) is 2.37. The Kier molecular flexibility index (Phi) is 4.39. The van der Waals surface area contributed by atoms with Gasteiger partial charge in [0, 0.05) is 6.54 Å². The van der Waals surface area contributed by atoms with E-state index in [2.05, 4.69) is 4.90 Å². The van der Waals surface area contributed by atoms with Gasteiger partial charge in [-0.1, -0.05) is 53.5 Å². The number of carbonyl (C=O) groups is 1. The van der Waals surface area contributed by atoms with Crippen LogP contribution in [0.2, 0.25) is 0 Å². The molecular weight excluding hydrogens is 283 g/mol. The third kappa shape index (κ3) is 2.88. The van der Waals surface area contributed by atoms with Crippen molar-refractivity contribution in [3.05, 3.63) is 35.9 Å². The van der Waals surface area contributed by atoms with Gasteiger partial charge in [-0.25, -0.2) is 0 Å². The number of rotatable bonds is 5. The number of β-lactam (4-membered cyclic amide) rings is 1. The number of nitrogens with zero attached hydrogens (tertiary/aromatic N) is 2. The van der Waals surface area contributed by atoms with Crippen molar-refractivity contribution in [2.24, 2.45) is 0 Å². The van der Waals surface area contributed by atoms with E-state index in [1.165, 1.54) is 0 Å². The van der Waals surface area contributed by atoms with Gasteiger partial charge in [0.2, 0.25) is 4.33 Å². The Balaban J connectivity index is 2.08. The lowest BCUT2D eigenvalue weighted by atomic mass is 9.92. The maximum atomic E-state index is 12.0. The molecule has 0 spiro atoms. The molecule has 104 valence electrons. The van der Waals surface area contributed by atoms with Gasteiger partial charge in [0.15, 0.2) is 0 Å². The Labute approximate surface area is 124 Å². The van der Waals surface area contributed by atoms with E-state index in [4.69, 9.17) is 23.2 Å². The SMILES string of the molecule is CN(C)CCCN1C(=O)C(Cl)(Cl)C1c1ccccc1. The van der Waals surface area contributed by atoms with Crippen LogP contribution in [0, 0.1) is 0 Å². The number of benzene rings is 1. The van der Waals surface area contributed by atoms with Crippen molar-refractivity contribution in [1.29, 1.82) is 0 Å². The normalized spacial score (nSPS) is 21.6. The van der Waals surface area contributed by atoms with E-state index in [0.29, 0.717) is 6.54 Å². The second-order valence-corrected chi connectivity index (χ2v) is 6.48. The minimum absolute atomic E-state index is 0.191. The average molecular weight is 301 g/mol. The highest BCUT2D eigenvalue weighted by Gasteiger charge is 2.59. The van der Waals surface area contributed by atoms with E-state index in [1.54, 1.807) is 4.90 Å². The molecule has 1 aromatic rings. The second-order valence-electron chi connectivity index (χ2n) is 5.09. The van der Waals surface area contributed by atoms with Crippen molar-refractivity contribution in [1.82, 2.24) is 9.80 Å². The Morgan fingerprint density at radius 2 is 1.89 bits per heavy atom. The molecule has 1 aliphatic heterocycles. The maximum Gasteiger partial charge on any atom is 0.262 e. The number of amides is 1. The van der Waals surface area contributed by atoms with Crippen LogP contribution in [0.15, 0.2) is 30.3 Å². The van der Waals surface area contributed by atoms with Crippen LogP contribution < -0.4 is 0 Å². The minimum atomic E-state index is -1.32. The van der Waals surface area contributed by atoms with E-state index in [1.807, 2.05) is 44.4 Å². The molecule has 0 N–H and O–H groups in total. The number of hydrogen-bond donors (Lipinski definition) is 0. The summed E-state index contributed by atoms with van der Waals surface area (Å²) in [5.41, 5.74) is 0.983. The van der Waals surface area contributed by atoms with Gasteiger partial charge in [-0.3, -0.25) is 4.79 Å². The molecule has 1 atom stereocenters. The maximum absolute atomic E-state index is 12.0. The summed E-state index contributed by atoms with van der Waals surface area (Å²) in [7, 11) is 4.03. The molecule has 1 saturated heterocycles. The highest BCUT2D eigenvalue weighted by Crippen LogP contribution is 2.50. The van der Waals surface area contributed by atoms with E-state index < -0.39 is 4.33 Å². The van der Waals surface area contributed by atoms with Crippen molar-refractivity contribution in [3.63, 3.8) is 0 Å². The molecule has 0 aliphatic carbocycles. The van der Waals surface area contributed by atoms with Crippen molar-refractivity contribution >= 4 is 29.1 Å². The zero-order valence-electron chi connectivity index (χ0n) is 11.1. The molecule has 1 aliphatic rings. The smallest absolute Gasteiger partial charge is 0.262 e. The molecule has 5 heteroatoms. The number of halogens is 2. The summed E-state index contributed by atoms with van der Waals surface area (Å²) >= 11 is 12.3. The first-order valence-corrected chi connectivity index (χ1v) is 7.08. The number of alkyl halides is 2. The van der Waals surface area contributed by atoms with E-state index >= 15 is 0 Å². The topological polar surface area (TPSA) is 23.6 Å². The summed E-state index contributed by atoms with van der Waals surface area (Å²) in [4.78, 5) is 15.8. The molecule has 1 amide bonds. The largest absolute Gasteiger partial charge is 0.329 e. The van der Waals surface area contributed by atoms with Crippen molar-refractivity contribution in [3.8, 4) is 0 Å². The molecule has 1 aromatic carbocycles. The van der Waals surface area contributed by atoms with Crippen LogP contribution in [0.25, 0.3) is 0 Å².